The molecule has 0 radical (unpaired) electrons. The number of rotatable bonds is 5. The van der Waals surface area contributed by atoms with E-state index >= 15 is 0 Å². The quantitative estimate of drug-likeness (QED) is 0.909. The maximum absolute atomic E-state index is 12.3. The molecule has 1 aromatic carbocycles. The highest BCUT2D eigenvalue weighted by atomic mass is 16.2. The zero-order chi connectivity index (χ0) is 16.3. The van der Waals surface area contributed by atoms with Crippen LogP contribution in [0.3, 0.4) is 0 Å². The molecule has 118 valence electrons. The Balaban J connectivity index is 2.00. The molecule has 0 saturated heterocycles. The van der Waals surface area contributed by atoms with Crippen LogP contribution < -0.4 is 5.32 Å². The lowest BCUT2D eigenvalue weighted by Gasteiger charge is -2.30. The molecule has 1 amide bonds. The van der Waals surface area contributed by atoms with Gasteiger partial charge in [-0.3, -0.25) is 9.69 Å². The van der Waals surface area contributed by atoms with Crippen LogP contribution in [0.15, 0.2) is 24.3 Å². The van der Waals surface area contributed by atoms with Crippen molar-refractivity contribution in [3.8, 4) is 6.07 Å². The van der Waals surface area contributed by atoms with Crippen LogP contribution in [0.2, 0.25) is 0 Å². The van der Waals surface area contributed by atoms with E-state index in [1.165, 1.54) is 11.1 Å². The van der Waals surface area contributed by atoms with E-state index in [1.807, 2.05) is 20.9 Å². The number of likely N-dealkylation sites (N-methyl/N-ethyl adjacent to an activating group) is 1. The van der Waals surface area contributed by atoms with Gasteiger partial charge in [0.2, 0.25) is 5.91 Å². The number of benzene rings is 1. The van der Waals surface area contributed by atoms with Gasteiger partial charge < -0.3 is 5.32 Å². The number of hydrogen-bond acceptors (Lipinski definition) is 3. The summed E-state index contributed by atoms with van der Waals surface area (Å²) in [6.07, 6.45) is 2.11. The maximum Gasteiger partial charge on any atom is 0.235 e. The number of carbonyl (C=O) groups excluding carboxylic acids is 1. The average molecular weight is 299 g/mol. The van der Waals surface area contributed by atoms with Crippen LogP contribution in [0.5, 0.6) is 0 Å². The minimum absolute atomic E-state index is 0.0685. The molecule has 4 heteroatoms. The summed E-state index contributed by atoms with van der Waals surface area (Å²) in [5.74, 6) is -0.0245. The molecule has 22 heavy (non-hydrogen) atoms. The van der Waals surface area contributed by atoms with Gasteiger partial charge in [-0.15, -0.1) is 0 Å². The first kappa shape index (κ1) is 16.5. The van der Waals surface area contributed by atoms with E-state index in [4.69, 9.17) is 0 Å². The second-order valence-electron chi connectivity index (χ2n) is 6.69. The lowest BCUT2D eigenvalue weighted by atomic mass is 9.90. The van der Waals surface area contributed by atoms with E-state index in [-0.39, 0.29) is 17.9 Å². The molecule has 0 aromatic heterocycles. The second-order valence-corrected chi connectivity index (χ2v) is 6.69. The zero-order valence-electron chi connectivity index (χ0n) is 13.9. The van der Waals surface area contributed by atoms with Crippen LogP contribution in [0.25, 0.3) is 0 Å². The van der Waals surface area contributed by atoms with Gasteiger partial charge in [0.05, 0.1) is 12.6 Å². The fourth-order valence-corrected chi connectivity index (χ4v) is 2.96. The average Bonchev–Trinajstić information content (AvgIpc) is 2.90. The smallest absolute Gasteiger partial charge is 0.235 e. The second kappa shape index (κ2) is 6.50. The summed E-state index contributed by atoms with van der Waals surface area (Å²) in [6.45, 7) is 5.98. The number of nitriles is 1. The molecule has 2 atom stereocenters. The maximum atomic E-state index is 12.3. The Morgan fingerprint density at radius 2 is 2.18 bits per heavy atom. The largest absolute Gasteiger partial charge is 0.337 e. The van der Waals surface area contributed by atoms with Crippen LogP contribution in [0.4, 0.5) is 0 Å². The normalized spacial score (nSPS) is 19.6. The van der Waals surface area contributed by atoms with Crippen molar-refractivity contribution in [2.24, 2.45) is 5.92 Å². The number of aryl methyl sites for hydroxylation is 1. The van der Waals surface area contributed by atoms with Crippen molar-refractivity contribution < 1.29 is 4.79 Å². The van der Waals surface area contributed by atoms with Gasteiger partial charge in [-0.25, -0.2) is 0 Å². The van der Waals surface area contributed by atoms with E-state index in [9.17, 15) is 10.1 Å². The molecule has 4 nitrogen and oxygen atoms in total. The lowest BCUT2D eigenvalue weighted by Crippen LogP contribution is -2.51. The van der Waals surface area contributed by atoms with E-state index in [0.29, 0.717) is 6.54 Å². The third-order valence-electron chi connectivity index (χ3n) is 4.81. The Kier molecular flexibility index (Phi) is 4.87. The van der Waals surface area contributed by atoms with Crippen LogP contribution in [-0.4, -0.2) is 29.9 Å². The number of carbonyl (C=O) groups is 1. The summed E-state index contributed by atoms with van der Waals surface area (Å²) in [7, 11) is 1.98. The van der Waals surface area contributed by atoms with Crippen molar-refractivity contribution in [2.75, 3.05) is 13.6 Å². The Morgan fingerprint density at radius 1 is 1.50 bits per heavy atom. The topological polar surface area (TPSA) is 56.1 Å². The summed E-state index contributed by atoms with van der Waals surface area (Å²) in [5, 5.41) is 12.2. The lowest BCUT2D eigenvalue weighted by molar-refractivity contribution is -0.124. The van der Waals surface area contributed by atoms with Crippen molar-refractivity contribution in [3.05, 3.63) is 35.4 Å². The minimum Gasteiger partial charge on any atom is -0.337 e. The summed E-state index contributed by atoms with van der Waals surface area (Å²) in [4.78, 5) is 14.4. The van der Waals surface area contributed by atoms with Gasteiger partial charge >= 0.3 is 0 Å². The van der Waals surface area contributed by atoms with E-state index in [2.05, 4.69) is 40.6 Å². The standard InChI is InChI=1S/C18H25N3O/c1-13(2)18(3,12-19)20-17(22)11-21(4)16-10-9-14-7-5-6-8-15(14)16/h5-8,13,16H,9-11H2,1-4H3,(H,20,22)/t16-,18-/m1/s1. The molecule has 1 aromatic rings. The molecule has 0 saturated carbocycles. The third kappa shape index (κ3) is 3.31. The molecule has 0 spiro atoms. The Labute approximate surface area is 133 Å². The molecule has 2 rings (SSSR count). The highest BCUT2D eigenvalue weighted by Gasteiger charge is 2.32. The van der Waals surface area contributed by atoms with Gasteiger partial charge in [-0.05, 0) is 43.9 Å². The third-order valence-corrected chi connectivity index (χ3v) is 4.81. The molecule has 0 aliphatic heterocycles. The molecule has 1 aliphatic carbocycles. The van der Waals surface area contributed by atoms with Crippen LogP contribution in [-0.2, 0) is 11.2 Å². The molecule has 1 N–H and O–H groups in total. The molecular weight excluding hydrogens is 274 g/mol. The molecular formula is C18H25N3O. The van der Waals surface area contributed by atoms with Gasteiger partial charge in [0.15, 0.2) is 0 Å². The molecule has 0 unspecified atom stereocenters. The fraction of sp³-hybridized carbons (Fsp3) is 0.556. The summed E-state index contributed by atoms with van der Waals surface area (Å²) >= 11 is 0. The minimum atomic E-state index is -0.814. The van der Waals surface area contributed by atoms with Crippen LogP contribution in [0, 0.1) is 17.2 Å². The molecule has 1 aliphatic rings. The molecule has 0 heterocycles. The summed E-state index contributed by atoms with van der Waals surface area (Å²) in [6, 6.07) is 10.9. The summed E-state index contributed by atoms with van der Waals surface area (Å²) < 4.78 is 0. The van der Waals surface area contributed by atoms with Crippen molar-refractivity contribution in [1.29, 1.82) is 5.26 Å². The monoisotopic (exact) mass is 299 g/mol. The number of amides is 1. The number of nitrogens with one attached hydrogen (secondary N) is 1. The van der Waals surface area contributed by atoms with Gasteiger partial charge in [0, 0.05) is 6.04 Å². The Morgan fingerprint density at radius 3 is 2.82 bits per heavy atom. The predicted molar refractivity (Wildman–Crippen MR) is 87.1 cm³/mol. The van der Waals surface area contributed by atoms with Crippen LogP contribution in [0.1, 0.15) is 44.4 Å². The van der Waals surface area contributed by atoms with Crippen LogP contribution >= 0.6 is 0 Å². The zero-order valence-corrected chi connectivity index (χ0v) is 13.9. The first-order valence-corrected chi connectivity index (χ1v) is 7.87. The Bertz CT molecular complexity index is 590. The first-order chi connectivity index (χ1) is 10.4. The highest BCUT2D eigenvalue weighted by Crippen LogP contribution is 2.34. The van der Waals surface area contributed by atoms with E-state index < -0.39 is 5.54 Å². The molecule has 0 bridgehead atoms. The number of fused-ring (bicyclic) bond motifs is 1. The van der Waals surface area contributed by atoms with Crippen molar-refractivity contribution in [1.82, 2.24) is 10.2 Å². The molecule has 0 fully saturated rings. The van der Waals surface area contributed by atoms with Gasteiger partial charge in [-0.2, -0.15) is 5.26 Å². The predicted octanol–water partition coefficient (Wildman–Crippen LogP) is 2.66. The van der Waals surface area contributed by atoms with Gasteiger partial charge in [0.25, 0.3) is 0 Å². The van der Waals surface area contributed by atoms with Crippen molar-refractivity contribution in [2.45, 2.75) is 45.2 Å². The van der Waals surface area contributed by atoms with Crippen molar-refractivity contribution in [3.63, 3.8) is 0 Å². The highest BCUT2D eigenvalue weighted by molar-refractivity contribution is 5.79. The van der Waals surface area contributed by atoms with Crippen molar-refractivity contribution >= 4 is 5.91 Å². The number of hydrogen-bond donors (Lipinski definition) is 1. The Hall–Kier alpha value is -1.86. The van der Waals surface area contributed by atoms with Gasteiger partial charge in [0.1, 0.15) is 5.54 Å². The first-order valence-electron chi connectivity index (χ1n) is 7.87. The van der Waals surface area contributed by atoms with E-state index in [1.54, 1.807) is 6.92 Å². The number of nitrogens with zero attached hydrogens (tertiary/aromatic N) is 2. The van der Waals surface area contributed by atoms with E-state index in [0.717, 1.165) is 12.8 Å². The fourth-order valence-electron chi connectivity index (χ4n) is 2.96. The SMILES string of the molecule is CC(C)[C@@](C)(C#N)NC(=O)CN(C)[C@@H]1CCc2ccccc21. The van der Waals surface area contributed by atoms with Gasteiger partial charge in [-0.1, -0.05) is 38.1 Å². The summed E-state index contributed by atoms with van der Waals surface area (Å²) in [5.41, 5.74) is 1.89.